The maximum atomic E-state index is 13.3. The minimum absolute atomic E-state index is 0.0379. The number of hydrogen-bond donors (Lipinski definition) is 1. The largest absolute Gasteiger partial charge is 0.487 e. The molecule has 1 N–H and O–H groups in total. The minimum atomic E-state index is -0.478. The van der Waals surface area contributed by atoms with Gasteiger partial charge < -0.3 is 14.8 Å². The van der Waals surface area contributed by atoms with Crippen molar-refractivity contribution in [3.05, 3.63) is 59.1 Å². The summed E-state index contributed by atoms with van der Waals surface area (Å²) in [5, 5.41) is 3.56. The molecule has 2 aromatic carbocycles. The number of rotatable bonds is 7. The van der Waals surface area contributed by atoms with Gasteiger partial charge in [0.15, 0.2) is 0 Å². The summed E-state index contributed by atoms with van der Waals surface area (Å²) in [5.74, 6) is 0.621. The fraction of sp³-hybridized carbons (Fsp3) is 0.435. The molecule has 1 aliphatic rings. The standard InChI is InChI=1S/C23H28ClNO3/c1-17(16-27-2)28-21-12-11-19(15-20(21)24)25-22(26)23(13-7-4-8-14-23)18-9-5-3-6-10-18/h3,5-6,9-12,15,17H,4,7-8,13-14,16H2,1-2H3,(H,25,26). The molecule has 28 heavy (non-hydrogen) atoms. The van der Waals surface area contributed by atoms with Gasteiger partial charge in [-0.1, -0.05) is 61.2 Å². The first-order valence-corrected chi connectivity index (χ1v) is 10.2. The van der Waals surface area contributed by atoms with Gasteiger partial charge in [-0.25, -0.2) is 0 Å². The molecule has 0 aromatic heterocycles. The van der Waals surface area contributed by atoms with Crippen molar-refractivity contribution in [1.82, 2.24) is 0 Å². The van der Waals surface area contributed by atoms with Gasteiger partial charge in [-0.2, -0.15) is 0 Å². The first-order chi connectivity index (χ1) is 13.5. The lowest BCUT2D eigenvalue weighted by atomic mass is 9.68. The first-order valence-electron chi connectivity index (χ1n) is 9.87. The lowest BCUT2D eigenvalue weighted by molar-refractivity contribution is -0.122. The summed E-state index contributed by atoms with van der Waals surface area (Å²) >= 11 is 6.38. The quantitative estimate of drug-likeness (QED) is 0.657. The molecule has 1 amide bonds. The molecule has 1 saturated carbocycles. The van der Waals surface area contributed by atoms with Crippen molar-refractivity contribution in [2.45, 2.75) is 50.5 Å². The Kier molecular flexibility index (Phi) is 6.97. The number of anilines is 1. The second kappa shape index (κ2) is 9.44. The third-order valence-corrected chi connectivity index (χ3v) is 5.68. The van der Waals surface area contributed by atoms with Gasteiger partial charge in [0.25, 0.3) is 0 Å². The molecular formula is C23H28ClNO3. The molecule has 0 aliphatic heterocycles. The van der Waals surface area contributed by atoms with E-state index in [9.17, 15) is 4.79 Å². The van der Waals surface area contributed by atoms with E-state index in [2.05, 4.69) is 17.4 Å². The minimum Gasteiger partial charge on any atom is -0.487 e. The molecule has 5 heteroatoms. The van der Waals surface area contributed by atoms with Crippen LogP contribution in [0.15, 0.2) is 48.5 Å². The topological polar surface area (TPSA) is 47.6 Å². The second-order valence-corrected chi connectivity index (χ2v) is 7.90. The molecule has 150 valence electrons. The Bertz CT molecular complexity index is 788. The Morgan fingerprint density at radius 3 is 2.50 bits per heavy atom. The predicted molar refractivity (Wildman–Crippen MR) is 113 cm³/mol. The molecule has 4 nitrogen and oxygen atoms in total. The molecular weight excluding hydrogens is 374 g/mol. The molecule has 2 aromatic rings. The second-order valence-electron chi connectivity index (χ2n) is 7.49. The predicted octanol–water partition coefficient (Wildman–Crippen LogP) is 5.59. The molecule has 1 fully saturated rings. The Balaban J connectivity index is 1.78. The van der Waals surface area contributed by atoms with Crippen molar-refractivity contribution in [2.24, 2.45) is 0 Å². The number of carbonyl (C=O) groups is 1. The van der Waals surface area contributed by atoms with Crippen LogP contribution in [0.5, 0.6) is 5.75 Å². The maximum Gasteiger partial charge on any atom is 0.235 e. The van der Waals surface area contributed by atoms with Crippen molar-refractivity contribution in [3.8, 4) is 5.75 Å². The zero-order valence-electron chi connectivity index (χ0n) is 16.5. The highest BCUT2D eigenvalue weighted by Crippen LogP contribution is 2.40. The fourth-order valence-corrected chi connectivity index (χ4v) is 4.19. The van der Waals surface area contributed by atoms with E-state index in [1.807, 2.05) is 31.2 Å². The van der Waals surface area contributed by atoms with Gasteiger partial charge in [-0.05, 0) is 43.5 Å². The van der Waals surface area contributed by atoms with Gasteiger partial charge in [0.2, 0.25) is 5.91 Å². The van der Waals surface area contributed by atoms with Crippen molar-refractivity contribution >= 4 is 23.2 Å². The van der Waals surface area contributed by atoms with Gasteiger partial charge in [0.1, 0.15) is 11.9 Å². The molecule has 0 radical (unpaired) electrons. The van der Waals surface area contributed by atoms with E-state index in [0.29, 0.717) is 23.1 Å². The molecule has 0 spiro atoms. The number of benzene rings is 2. The highest BCUT2D eigenvalue weighted by molar-refractivity contribution is 6.32. The Morgan fingerprint density at radius 2 is 1.86 bits per heavy atom. The number of nitrogens with one attached hydrogen (secondary N) is 1. The SMILES string of the molecule is COCC(C)Oc1ccc(NC(=O)C2(c3ccccc3)CCCCC2)cc1Cl. The van der Waals surface area contributed by atoms with Crippen molar-refractivity contribution in [1.29, 1.82) is 0 Å². The normalized spacial score (nSPS) is 17.0. The average Bonchev–Trinajstić information content (AvgIpc) is 2.71. The number of carbonyl (C=O) groups excluding carboxylic acids is 1. The number of ether oxygens (including phenoxy) is 2. The van der Waals surface area contributed by atoms with Crippen molar-refractivity contribution < 1.29 is 14.3 Å². The van der Waals surface area contributed by atoms with Crippen LogP contribution >= 0.6 is 11.6 Å². The van der Waals surface area contributed by atoms with Crippen LogP contribution in [0.1, 0.15) is 44.6 Å². The zero-order valence-corrected chi connectivity index (χ0v) is 17.3. The molecule has 1 unspecified atom stereocenters. The fourth-order valence-electron chi connectivity index (χ4n) is 3.97. The summed E-state index contributed by atoms with van der Waals surface area (Å²) in [5.41, 5.74) is 1.29. The summed E-state index contributed by atoms with van der Waals surface area (Å²) in [6.07, 6.45) is 4.94. The van der Waals surface area contributed by atoms with E-state index < -0.39 is 5.41 Å². The maximum absolute atomic E-state index is 13.3. The van der Waals surface area contributed by atoms with Crippen LogP contribution in [0.2, 0.25) is 5.02 Å². The summed E-state index contributed by atoms with van der Waals surface area (Å²) in [4.78, 5) is 13.3. The first kappa shape index (κ1) is 20.7. The summed E-state index contributed by atoms with van der Waals surface area (Å²) in [7, 11) is 1.63. The van der Waals surface area contributed by atoms with Gasteiger partial charge in [-0.3, -0.25) is 4.79 Å². The van der Waals surface area contributed by atoms with Gasteiger partial charge >= 0.3 is 0 Å². The van der Waals surface area contributed by atoms with Crippen LogP contribution in [-0.4, -0.2) is 25.7 Å². The van der Waals surface area contributed by atoms with Gasteiger partial charge in [0.05, 0.1) is 17.0 Å². The van der Waals surface area contributed by atoms with Crippen molar-refractivity contribution in [2.75, 3.05) is 19.0 Å². The number of amides is 1. The van der Waals surface area contributed by atoms with Crippen molar-refractivity contribution in [3.63, 3.8) is 0 Å². The van der Waals surface area contributed by atoms with E-state index in [0.717, 1.165) is 31.2 Å². The third-order valence-electron chi connectivity index (χ3n) is 5.39. The lowest BCUT2D eigenvalue weighted by Crippen LogP contribution is -2.42. The summed E-state index contributed by atoms with van der Waals surface area (Å²) < 4.78 is 10.9. The summed E-state index contributed by atoms with van der Waals surface area (Å²) in [6.45, 7) is 2.40. The molecule has 1 aliphatic carbocycles. The van der Waals surface area contributed by atoms with E-state index in [1.54, 1.807) is 19.2 Å². The average molecular weight is 402 g/mol. The van der Waals surface area contributed by atoms with Crippen LogP contribution < -0.4 is 10.1 Å². The molecule has 0 bridgehead atoms. The smallest absolute Gasteiger partial charge is 0.235 e. The van der Waals surface area contributed by atoms with E-state index in [4.69, 9.17) is 21.1 Å². The van der Waals surface area contributed by atoms with Crippen LogP contribution in [0.4, 0.5) is 5.69 Å². The van der Waals surface area contributed by atoms with Crippen LogP contribution in [0, 0.1) is 0 Å². The highest BCUT2D eigenvalue weighted by atomic mass is 35.5. The van der Waals surface area contributed by atoms with Gasteiger partial charge in [-0.15, -0.1) is 0 Å². The van der Waals surface area contributed by atoms with Gasteiger partial charge in [0, 0.05) is 12.8 Å². The van der Waals surface area contributed by atoms with Crippen LogP contribution in [-0.2, 0) is 14.9 Å². The summed E-state index contributed by atoms with van der Waals surface area (Å²) in [6, 6.07) is 15.5. The number of hydrogen-bond acceptors (Lipinski definition) is 3. The van der Waals surface area contributed by atoms with E-state index >= 15 is 0 Å². The lowest BCUT2D eigenvalue weighted by Gasteiger charge is -2.36. The third kappa shape index (κ3) is 4.68. The molecule has 0 heterocycles. The van der Waals surface area contributed by atoms with Crippen LogP contribution in [0.25, 0.3) is 0 Å². The number of methoxy groups -OCH3 is 1. The Labute approximate surface area is 172 Å². The Morgan fingerprint density at radius 1 is 1.14 bits per heavy atom. The monoisotopic (exact) mass is 401 g/mol. The Hall–Kier alpha value is -2.04. The molecule has 0 saturated heterocycles. The number of halogens is 1. The van der Waals surface area contributed by atoms with E-state index in [1.165, 1.54) is 6.42 Å². The molecule has 1 atom stereocenters. The van der Waals surface area contributed by atoms with E-state index in [-0.39, 0.29) is 12.0 Å². The highest BCUT2D eigenvalue weighted by Gasteiger charge is 2.41. The molecule has 3 rings (SSSR count). The zero-order chi connectivity index (χ0) is 20.0. The van der Waals surface area contributed by atoms with Crippen LogP contribution in [0.3, 0.4) is 0 Å².